The van der Waals surface area contributed by atoms with Gasteiger partial charge in [-0.25, -0.2) is 0 Å². The van der Waals surface area contributed by atoms with Crippen molar-refractivity contribution in [2.75, 3.05) is 19.0 Å². The van der Waals surface area contributed by atoms with Crippen molar-refractivity contribution in [3.63, 3.8) is 0 Å². The third-order valence-electron chi connectivity index (χ3n) is 4.57. The third-order valence-corrected chi connectivity index (χ3v) is 5.40. The normalized spacial score (nSPS) is 14.5. The zero-order valence-electron chi connectivity index (χ0n) is 16.6. The van der Waals surface area contributed by atoms with E-state index in [0.717, 1.165) is 33.8 Å². The van der Waals surface area contributed by atoms with Crippen LogP contribution in [-0.2, 0) is 9.59 Å². The Kier molecular flexibility index (Phi) is 5.90. The van der Waals surface area contributed by atoms with Crippen molar-refractivity contribution in [1.82, 2.24) is 5.32 Å². The van der Waals surface area contributed by atoms with Crippen LogP contribution >= 0.6 is 11.8 Å². The van der Waals surface area contributed by atoms with E-state index in [2.05, 4.69) is 10.6 Å². The average Bonchev–Trinajstić information content (AvgIpc) is 3.09. The molecule has 3 N–H and O–H groups in total. The van der Waals surface area contributed by atoms with Crippen LogP contribution < -0.4 is 20.1 Å². The molecule has 7 nitrogen and oxygen atoms in total. The summed E-state index contributed by atoms with van der Waals surface area (Å²) in [7, 11) is 1.50. The molecule has 0 unspecified atom stereocenters. The second-order valence-corrected chi connectivity index (χ2v) is 7.72. The number of carbonyl (C=O) groups is 2. The fraction of sp³-hybridized carbons (Fsp3) is 0.0870. The number of anilines is 1. The standard InChI is InChI=1S/C23H19N3O4S/c1-29-19-11-14(12-20-22(28)26-23(24)31-20)9-10-18(19)30-13-21(27)25-17-8-4-6-15-5-2-3-7-16(15)17/h2-12H,13H2,1H3,(H,25,27)(H2,24,26,28). The minimum Gasteiger partial charge on any atom is -0.493 e. The number of hydrogen-bond donors (Lipinski definition) is 3. The first kappa shape index (κ1) is 20.5. The number of amides is 2. The third kappa shape index (κ3) is 4.70. The monoisotopic (exact) mass is 433 g/mol. The van der Waals surface area contributed by atoms with E-state index in [9.17, 15) is 9.59 Å². The van der Waals surface area contributed by atoms with Gasteiger partial charge in [0.05, 0.1) is 12.0 Å². The van der Waals surface area contributed by atoms with Gasteiger partial charge in [0.25, 0.3) is 11.8 Å². The SMILES string of the molecule is COc1cc(C=C2SC(=N)NC2=O)ccc1OCC(=O)Nc1cccc2ccccc12. The number of nitrogens with one attached hydrogen (secondary N) is 3. The van der Waals surface area contributed by atoms with Crippen LogP contribution in [-0.4, -0.2) is 30.7 Å². The Morgan fingerprint density at radius 3 is 2.71 bits per heavy atom. The van der Waals surface area contributed by atoms with Crippen molar-refractivity contribution in [1.29, 1.82) is 5.41 Å². The van der Waals surface area contributed by atoms with Gasteiger partial charge < -0.3 is 20.1 Å². The van der Waals surface area contributed by atoms with Gasteiger partial charge in [-0.2, -0.15) is 0 Å². The van der Waals surface area contributed by atoms with E-state index in [1.807, 2.05) is 42.5 Å². The molecule has 0 saturated carbocycles. The Hall–Kier alpha value is -3.78. The Morgan fingerprint density at radius 2 is 1.94 bits per heavy atom. The molecule has 3 aromatic rings. The number of rotatable bonds is 6. The first-order valence-electron chi connectivity index (χ1n) is 9.41. The van der Waals surface area contributed by atoms with Crippen LogP contribution in [0.15, 0.2) is 65.6 Å². The lowest BCUT2D eigenvalue weighted by Gasteiger charge is -2.12. The van der Waals surface area contributed by atoms with E-state index in [0.29, 0.717) is 16.4 Å². The van der Waals surface area contributed by atoms with Gasteiger partial charge in [-0.1, -0.05) is 42.5 Å². The van der Waals surface area contributed by atoms with Crippen LogP contribution in [0.25, 0.3) is 16.8 Å². The van der Waals surface area contributed by atoms with Gasteiger partial charge in [0.2, 0.25) is 0 Å². The van der Waals surface area contributed by atoms with Crippen LogP contribution in [0.2, 0.25) is 0 Å². The number of hydrogen-bond acceptors (Lipinski definition) is 6. The van der Waals surface area contributed by atoms with E-state index in [-0.39, 0.29) is 23.6 Å². The number of amidine groups is 1. The predicted octanol–water partition coefficient (Wildman–Crippen LogP) is 4.00. The molecular formula is C23H19N3O4S. The lowest BCUT2D eigenvalue weighted by atomic mass is 10.1. The molecule has 1 aliphatic rings. The molecule has 1 heterocycles. The van der Waals surface area contributed by atoms with E-state index in [4.69, 9.17) is 14.9 Å². The molecule has 4 rings (SSSR count). The second kappa shape index (κ2) is 8.93. The van der Waals surface area contributed by atoms with Crippen molar-refractivity contribution in [3.05, 3.63) is 71.1 Å². The van der Waals surface area contributed by atoms with Crippen LogP contribution in [0.1, 0.15) is 5.56 Å². The molecule has 0 aromatic heterocycles. The van der Waals surface area contributed by atoms with Crippen molar-refractivity contribution < 1.29 is 19.1 Å². The summed E-state index contributed by atoms with van der Waals surface area (Å²) in [6.07, 6.45) is 1.67. The van der Waals surface area contributed by atoms with Crippen molar-refractivity contribution >= 4 is 51.3 Å². The summed E-state index contributed by atoms with van der Waals surface area (Å²) >= 11 is 1.06. The number of thioether (sulfide) groups is 1. The number of carbonyl (C=O) groups excluding carboxylic acids is 2. The molecular weight excluding hydrogens is 414 g/mol. The number of methoxy groups -OCH3 is 1. The van der Waals surface area contributed by atoms with Crippen molar-refractivity contribution in [3.8, 4) is 11.5 Å². The molecule has 2 amide bonds. The van der Waals surface area contributed by atoms with Gasteiger partial charge in [0, 0.05) is 11.1 Å². The number of fused-ring (bicyclic) bond motifs is 1. The largest absolute Gasteiger partial charge is 0.493 e. The molecule has 0 aliphatic carbocycles. The highest BCUT2D eigenvalue weighted by atomic mass is 32.2. The maximum absolute atomic E-state index is 12.4. The van der Waals surface area contributed by atoms with Gasteiger partial charge in [-0.3, -0.25) is 15.0 Å². The fourth-order valence-corrected chi connectivity index (χ4v) is 3.85. The molecule has 0 radical (unpaired) electrons. The van der Waals surface area contributed by atoms with E-state index in [1.165, 1.54) is 7.11 Å². The maximum Gasteiger partial charge on any atom is 0.264 e. The fourth-order valence-electron chi connectivity index (χ4n) is 3.15. The predicted molar refractivity (Wildman–Crippen MR) is 123 cm³/mol. The summed E-state index contributed by atoms with van der Waals surface area (Å²) in [5, 5.41) is 14.9. The minimum atomic E-state index is -0.306. The summed E-state index contributed by atoms with van der Waals surface area (Å²) in [5.74, 6) is 0.251. The number of benzene rings is 3. The first-order valence-corrected chi connectivity index (χ1v) is 10.2. The smallest absolute Gasteiger partial charge is 0.264 e. The number of ether oxygens (including phenoxy) is 2. The van der Waals surface area contributed by atoms with Crippen LogP contribution in [0, 0.1) is 5.41 Å². The quantitative estimate of drug-likeness (QED) is 0.510. The van der Waals surface area contributed by atoms with Crippen molar-refractivity contribution in [2.24, 2.45) is 0 Å². The van der Waals surface area contributed by atoms with Gasteiger partial charge in [-0.15, -0.1) is 0 Å². The molecule has 0 bridgehead atoms. The van der Waals surface area contributed by atoms with Gasteiger partial charge in [-0.05, 0) is 47.0 Å². The highest BCUT2D eigenvalue weighted by Gasteiger charge is 2.22. The maximum atomic E-state index is 12.4. The van der Waals surface area contributed by atoms with Crippen molar-refractivity contribution in [2.45, 2.75) is 0 Å². The Balaban J connectivity index is 1.44. The summed E-state index contributed by atoms with van der Waals surface area (Å²) in [6.45, 7) is -0.185. The van der Waals surface area contributed by atoms with E-state index in [1.54, 1.807) is 24.3 Å². The zero-order chi connectivity index (χ0) is 21.8. The molecule has 1 saturated heterocycles. The topological polar surface area (TPSA) is 101 Å². The van der Waals surface area contributed by atoms with Gasteiger partial charge in [0.15, 0.2) is 23.3 Å². The molecule has 3 aromatic carbocycles. The summed E-state index contributed by atoms with van der Waals surface area (Å²) in [4.78, 5) is 24.6. The summed E-state index contributed by atoms with van der Waals surface area (Å²) in [6, 6.07) is 18.7. The molecule has 0 spiro atoms. The Morgan fingerprint density at radius 1 is 1.13 bits per heavy atom. The minimum absolute atomic E-state index is 0.0976. The van der Waals surface area contributed by atoms with Gasteiger partial charge >= 0.3 is 0 Å². The Bertz CT molecular complexity index is 1220. The average molecular weight is 433 g/mol. The molecule has 0 atom stereocenters. The van der Waals surface area contributed by atoms with Crippen LogP contribution in [0.3, 0.4) is 0 Å². The lowest BCUT2D eigenvalue weighted by molar-refractivity contribution is -0.118. The molecule has 1 aliphatic heterocycles. The van der Waals surface area contributed by atoms with Crippen LogP contribution in [0.5, 0.6) is 11.5 Å². The molecule has 1 fully saturated rings. The molecule has 8 heteroatoms. The summed E-state index contributed by atoms with van der Waals surface area (Å²) in [5.41, 5.74) is 1.44. The highest BCUT2D eigenvalue weighted by molar-refractivity contribution is 8.18. The van der Waals surface area contributed by atoms with Gasteiger partial charge in [0.1, 0.15) is 0 Å². The van der Waals surface area contributed by atoms with E-state index >= 15 is 0 Å². The lowest BCUT2D eigenvalue weighted by Crippen LogP contribution is -2.20. The zero-order valence-corrected chi connectivity index (χ0v) is 17.4. The summed E-state index contributed by atoms with van der Waals surface area (Å²) < 4.78 is 11.0. The molecule has 156 valence electrons. The second-order valence-electron chi connectivity index (χ2n) is 6.67. The first-order chi connectivity index (χ1) is 15.0. The Labute approximate surface area is 182 Å². The van der Waals surface area contributed by atoms with Crippen LogP contribution in [0.4, 0.5) is 5.69 Å². The molecule has 31 heavy (non-hydrogen) atoms. The highest BCUT2D eigenvalue weighted by Crippen LogP contribution is 2.31. The van der Waals surface area contributed by atoms with E-state index < -0.39 is 0 Å².